The Kier molecular flexibility index (Phi) is 4.95. The minimum absolute atomic E-state index is 0.138. The van der Waals surface area contributed by atoms with Crippen LogP contribution in [-0.2, 0) is 21.4 Å². The van der Waals surface area contributed by atoms with Gasteiger partial charge >= 0.3 is 0 Å². The molecule has 4 nitrogen and oxygen atoms in total. The smallest absolute Gasteiger partial charge is 0.116 e. The first kappa shape index (κ1) is 14.9. The molecule has 19 heavy (non-hydrogen) atoms. The van der Waals surface area contributed by atoms with Gasteiger partial charge in [0.25, 0.3) is 0 Å². The monoisotopic (exact) mass is 284 g/mol. The predicted molar refractivity (Wildman–Crippen MR) is 77.8 cm³/mol. The molecule has 108 valence electrons. The molecule has 2 heterocycles. The summed E-state index contributed by atoms with van der Waals surface area (Å²) in [5.74, 6) is 0. The van der Waals surface area contributed by atoms with Crippen LogP contribution in [0.5, 0.6) is 0 Å². The van der Waals surface area contributed by atoms with Crippen molar-refractivity contribution < 1.29 is 9.47 Å². The molecule has 1 aromatic heterocycles. The Morgan fingerprint density at radius 3 is 2.89 bits per heavy atom. The zero-order chi connectivity index (χ0) is 13.9. The Hall–Kier alpha value is -0.490. The number of rotatable bonds is 6. The first-order valence-electron chi connectivity index (χ1n) is 6.96. The van der Waals surface area contributed by atoms with Gasteiger partial charge in [0.1, 0.15) is 5.01 Å². The summed E-state index contributed by atoms with van der Waals surface area (Å²) in [5.41, 5.74) is 1.08. The molecule has 2 rings (SSSR count). The minimum Gasteiger partial charge on any atom is -0.383 e. The van der Waals surface area contributed by atoms with Crippen molar-refractivity contribution in [2.75, 3.05) is 26.9 Å². The highest BCUT2D eigenvalue weighted by Gasteiger charge is 2.45. The van der Waals surface area contributed by atoms with E-state index in [1.54, 1.807) is 18.4 Å². The molecule has 0 spiro atoms. The fraction of sp³-hybridized carbons (Fsp3) is 0.786. The highest BCUT2D eigenvalue weighted by Crippen LogP contribution is 2.38. The van der Waals surface area contributed by atoms with Gasteiger partial charge in [-0.1, -0.05) is 6.92 Å². The van der Waals surface area contributed by atoms with Crippen LogP contribution in [0, 0.1) is 6.92 Å². The Balaban J connectivity index is 2.26. The molecule has 2 unspecified atom stereocenters. The van der Waals surface area contributed by atoms with Crippen LogP contribution in [0.3, 0.4) is 0 Å². The Morgan fingerprint density at radius 2 is 2.37 bits per heavy atom. The highest BCUT2D eigenvalue weighted by molar-refractivity contribution is 7.11. The molecule has 1 saturated heterocycles. The van der Waals surface area contributed by atoms with Crippen LogP contribution >= 0.6 is 11.3 Å². The maximum atomic E-state index is 5.80. The topological polar surface area (TPSA) is 43.4 Å². The highest BCUT2D eigenvalue weighted by atomic mass is 32.1. The lowest BCUT2D eigenvalue weighted by atomic mass is 9.92. The third-order valence-electron chi connectivity index (χ3n) is 3.91. The molecule has 5 heteroatoms. The van der Waals surface area contributed by atoms with Crippen molar-refractivity contribution in [1.82, 2.24) is 10.3 Å². The van der Waals surface area contributed by atoms with E-state index >= 15 is 0 Å². The van der Waals surface area contributed by atoms with E-state index in [1.807, 2.05) is 0 Å². The quantitative estimate of drug-likeness (QED) is 0.814. The molecule has 0 radical (unpaired) electrons. The fourth-order valence-corrected chi connectivity index (χ4v) is 3.93. The van der Waals surface area contributed by atoms with Crippen molar-refractivity contribution in [1.29, 1.82) is 0 Å². The summed E-state index contributed by atoms with van der Waals surface area (Å²) in [7, 11) is 1.73. The molecule has 0 bridgehead atoms. The maximum absolute atomic E-state index is 5.80. The average molecular weight is 284 g/mol. The molecule has 1 N–H and O–H groups in total. The van der Waals surface area contributed by atoms with Crippen molar-refractivity contribution in [3.8, 4) is 0 Å². The van der Waals surface area contributed by atoms with Gasteiger partial charge in [-0.15, -0.1) is 11.3 Å². The van der Waals surface area contributed by atoms with E-state index in [1.165, 1.54) is 15.6 Å². The lowest BCUT2D eigenvalue weighted by molar-refractivity contribution is 0.0775. The van der Waals surface area contributed by atoms with Crippen molar-refractivity contribution in [3.05, 3.63) is 15.6 Å². The van der Waals surface area contributed by atoms with Crippen LogP contribution in [0.1, 0.15) is 35.8 Å². The van der Waals surface area contributed by atoms with Gasteiger partial charge < -0.3 is 14.8 Å². The van der Waals surface area contributed by atoms with Gasteiger partial charge in [-0.05, 0) is 26.7 Å². The normalized spacial score (nSPS) is 27.1. The molecular weight excluding hydrogens is 260 g/mol. The second-order valence-electron chi connectivity index (χ2n) is 5.03. The van der Waals surface area contributed by atoms with Gasteiger partial charge in [-0.2, -0.15) is 0 Å². The lowest BCUT2D eigenvalue weighted by Gasteiger charge is -2.31. The van der Waals surface area contributed by atoms with Crippen LogP contribution in [0.15, 0.2) is 0 Å². The van der Waals surface area contributed by atoms with E-state index in [2.05, 4.69) is 26.1 Å². The third kappa shape index (κ3) is 2.84. The number of methoxy groups -OCH3 is 1. The zero-order valence-corrected chi connectivity index (χ0v) is 13.1. The Labute approximate surface area is 119 Å². The number of hydrogen-bond donors (Lipinski definition) is 1. The van der Waals surface area contributed by atoms with Gasteiger partial charge in [0.15, 0.2) is 0 Å². The van der Waals surface area contributed by atoms with Crippen LogP contribution in [-0.4, -0.2) is 38.0 Å². The molecule has 1 aliphatic heterocycles. The van der Waals surface area contributed by atoms with Gasteiger partial charge in [-0.25, -0.2) is 4.98 Å². The number of nitrogens with zero attached hydrogens (tertiary/aromatic N) is 1. The first-order valence-corrected chi connectivity index (χ1v) is 7.78. The van der Waals surface area contributed by atoms with E-state index in [9.17, 15) is 0 Å². The van der Waals surface area contributed by atoms with Gasteiger partial charge in [0.05, 0.1) is 23.9 Å². The summed E-state index contributed by atoms with van der Waals surface area (Å²) < 4.78 is 10.9. The molecule has 0 amide bonds. The second-order valence-corrected chi connectivity index (χ2v) is 6.23. The standard InChI is InChI=1S/C14H24N2O2S/c1-5-12-10(2)19-13(16-12)14(15-7-9-17-4)6-8-18-11(14)3/h11,15H,5-9H2,1-4H3. The fourth-order valence-electron chi connectivity index (χ4n) is 2.65. The molecule has 1 aliphatic rings. The SMILES string of the molecule is CCc1nc(C2(NCCOC)CCOC2C)sc1C. The van der Waals surface area contributed by atoms with E-state index < -0.39 is 0 Å². The summed E-state index contributed by atoms with van der Waals surface area (Å²) in [6.45, 7) is 8.77. The summed E-state index contributed by atoms with van der Waals surface area (Å²) in [4.78, 5) is 6.17. The van der Waals surface area contributed by atoms with E-state index in [-0.39, 0.29) is 11.6 Å². The molecular formula is C14H24N2O2S. The summed E-state index contributed by atoms with van der Waals surface area (Å²) in [6.07, 6.45) is 2.12. The zero-order valence-electron chi connectivity index (χ0n) is 12.3. The average Bonchev–Trinajstić information content (AvgIpc) is 2.94. The Bertz CT molecular complexity index is 422. The number of hydrogen-bond acceptors (Lipinski definition) is 5. The van der Waals surface area contributed by atoms with Crippen LogP contribution in [0.4, 0.5) is 0 Å². The van der Waals surface area contributed by atoms with Gasteiger partial charge in [0.2, 0.25) is 0 Å². The molecule has 0 aliphatic carbocycles. The van der Waals surface area contributed by atoms with Crippen LogP contribution in [0.25, 0.3) is 0 Å². The second kappa shape index (κ2) is 6.31. The maximum Gasteiger partial charge on any atom is 0.116 e. The molecule has 0 saturated carbocycles. The number of ether oxygens (including phenoxy) is 2. The summed E-state index contributed by atoms with van der Waals surface area (Å²) in [6, 6.07) is 0. The molecule has 1 aromatic rings. The number of aromatic nitrogens is 1. The van der Waals surface area contributed by atoms with Crippen molar-refractivity contribution in [2.45, 2.75) is 45.3 Å². The van der Waals surface area contributed by atoms with Crippen LogP contribution < -0.4 is 5.32 Å². The summed E-state index contributed by atoms with van der Waals surface area (Å²) in [5, 5.41) is 4.79. The minimum atomic E-state index is -0.138. The lowest BCUT2D eigenvalue weighted by Crippen LogP contribution is -2.48. The van der Waals surface area contributed by atoms with E-state index in [0.717, 1.165) is 26.0 Å². The number of aryl methyl sites for hydroxylation is 2. The first-order chi connectivity index (χ1) is 9.14. The van der Waals surface area contributed by atoms with Crippen molar-refractivity contribution in [3.63, 3.8) is 0 Å². The summed E-state index contributed by atoms with van der Waals surface area (Å²) >= 11 is 1.80. The van der Waals surface area contributed by atoms with Crippen LogP contribution in [0.2, 0.25) is 0 Å². The van der Waals surface area contributed by atoms with Gasteiger partial charge in [0, 0.05) is 25.1 Å². The van der Waals surface area contributed by atoms with E-state index in [0.29, 0.717) is 6.61 Å². The molecule has 1 fully saturated rings. The third-order valence-corrected chi connectivity index (χ3v) is 5.10. The Morgan fingerprint density at radius 1 is 1.58 bits per heavy atom. The predicted octanol–water partition coefficient (Wildman–Crippen LogP) is 2.25. The van der Waals surface area contributed by atoms with Crippen molar-refractivity contribution >= 4 is 11.3 Å². The number of thiazole rings is 1. The molecule has 0 aromatic carbocycles. The molecule has 2 atom stereocenters. The van der Waals surface area contributed by atoms with E-state index in [4.69, 9.17) is 14.5 Å². The van der Waals surface area contributed by atoms with Crippen molar-refractivity contribution in [2.24, 2.45) is 0 Å². The van der Waals surface area contributed by atoms with Gasteiger partial charge in [-0.3, -0.25) is 0 Å². The number of nitrogens with one attached hydrogen (secondary N) is 1. The largest absolute Gasteiger partial charge is 0.383 e.